The lowest BCUT2D eigenvalue weighted by Gasteiger charge is -2.16. The minimum absolute atomic E-state index is 0.0592. The predicted octanol–water partition coefficient (Wildman–Crippen LogP) is 2.35. The van der Waals surface area contributed by atoms with Gasteiger partial charge in [-0.25, -0.2) is 0 Å². The highest BCUT2D eigenvalue weighted by atomic mass is 17.2. The maximum Gasteiger partial charge on any atom is 0.255 e. The second-order valence-corrected chi connectivity index (χ2v) is 5.66. The van der Waals surface area contributed by atoms with Crippen LogP contribution >= 0.6 is 0 Å². The minimum Gasteiger partial charge on any atom is -0.508 e. The van der Waals surface area contributed by atoms with E-state index in [2.05, 4.69) is 5.32 Å². The third kappa shape index (κ3) is 3.75. The standard InChI is InChI=1S/C19H19NO7/c1-24-15-6-5-13(18(25-2)17(15)16-7-8-26-27-16)19(23)20-10-11-3-4-12(21)9-14(11)22/h3-7,9,21-22H,8,10H2,1-2H3,(H,20,23). The molecule has 0 atom stereocenters. The van der Waals surface area contributed by atoms with Gasteiger partial charge in [-0.2, -0.15) is 4.89 Å². The molecule has 0 aliphatic carbocycles. The van der Waals surface area contributed by atoms with E-state index in [1.165, 1.54) is 32.4 Å². The summed E-state index contributed by atoms with van der Waals surface area (Å²) in [5, 5.41) is 21.9. The number of rotatable bonds is 6. The normalized spacial score (nSPS) is 12.9. The number of phenolic OH excluding ortho intramolecular Hbond substituents is 2. The van der Waals surface area contributed by atoms with Crippen LogP contribution in [0.3, 0.4) is 0 Å². The van der Waals surface area contributed by atoms with E-state index >= 15 is 0 Å². The zero-order chi connectivity index (χ0) is 19.4. The van der Waals surface area contributed by atoms with Gasteiger partial charge in [0, 0.05) is 18.2 Å². The topological polar surface area (TPSA) is 106 Å². The number of ether oxygens (including phenoxy) is 2. The lowest BCUT2D eigenvalue weighted by atomic mass is 10.0. The van der Waals surface area contributed by atoms with Crippen molar-refractivity contribution in [3.63, 3.8) is 0 Å². The van der Waals surface area contributed by atoms with Crippen molar-refractivity contribution in [2.75, 3.05) is 20.8 Å². The molecule has 1 aliphatic heterocycles. The van der Waals surface area contributed by atoms with Gasteiger partial charge in [0.25, 0.3) is 5.91 Å². The van der Waals surface area contributed by atoms with Gasteiger partial charge in [0.1, 0.15) is 35.2 Å². The van der Waals surface area contributed by atoms with E-state index in [-0.39, 0.29) is 36.0 Å². The summed E-state index contributed by atoms with van der Waals surface area (Å²) >= 11 is 0. The Morgan fingerprint density at radius 1 is 1.19 bits per heavy atom. The molecule has 2 aromatic carbocycles. The van der Waals surface area contributed by atoms with Gasteiger partial charge in [-0.1, -0.05) is 0 Å². The minimum atomic E-state index is -0.414. The number of methoxy groups -OCH3 is 2. The van der Waals surface area contributed by atoms with Crippen molar-refractivity contribution in [2.45, 2.75) is 6.54 Å². The monoisotopic (exact) mass is 373 g/mol. The zero-order valence-corrected chi connectivity index (χ0v) is 14.8. The third-order valence-corrected chi connectivity index (χ3v) is 4.03. The van der Waals surface area contributed by atoms with Crippen molar-refractivity contribution in [3.8, 4) is 23.0 Å². The number of aromatic hydroxyl groups is 2. The number of hydrogen-bond donors (Lipinski definition) is 3. The Morgan fingerprint density at radius 2 is 2.00 bits per heavy atom. The molecule has 0 saturated heterocycles. The molecule has 0 spiro atoms. The molecule has 142 valence electrons. The van der Waals surface area contributed by atoms with Crippen LogP contribution in [0.2, 0.25) is 0 Å². The first-order chi connectivity index (χ1) is 13.0. The summed E-state index contributed by atoms with van der Waals surface area (Å²) in [6, 6.07) is 7.36. The zero-order valence-electron chi connectivity index (χ0n) is 14.8. The van der Waals surface area contributed by atoms with E-state index in [9.17, 15) is 15.0 Å². The van der Waals surface area contributed by atoms with Gasteiger partial charge in [-0.05, 0) is 30.3 Å². The molecule has 3 N–H and O–H groups in total. The van der Waals surface area contributed by atoms with E-state index in [0.717, 1.165) is 0 Å². The highest BCUT2D eigenvalue weighted by molar-refractivity contribution is 5.99. The number of carbonyl (C=O) groups is 1. The molecular formula is C19H19NO7. The fourth-order valence-electron chi connectivity index (χ4n) is 2.72. The van der Waals surface area contributed by atoms with Crippen molar-refractivity contribution >= 4 is 11.7 Å². The van der Waals surface area contributed by atoms with Crippen LogP contribution in [0.25, 0.3) is 5.76 Å². The van der Waals surface area contributed by atoms with E-state index in [4.69, 9.17) is 19.2 Å². The van der Waals surface area contributed by atoms with Crippen LogP contribution < -0.4 is 14.8 Å². The number of amides is 1. The summed E-state index contributed by atoms with van der Waals surface area (Å²) in [6.07, 6.45) is 1.70. The van der Waals surface area contributed by atoms with Crippen molar-refractivity contribution in [3.05, 3.63) is 53.1 Å². The maximum absolute atomic E-state index is 12.7. The quantitative estimate of drug-likeness (QED) is 0.667. The summed E-state index contributed by atoms with van der Waals surface area (Å²) < 4.78 is 10.8. The van der Waals surface area contributed by atoms with Crippen LogP contribution in [-0.2, 0) is 16.3 Å². The molecular weight excluding hydrogens is 354 g/mol. The van der Waals surface area contributed by atoms with Gasteiger partial charge in [0.15, 0.2) is 5.76 Å². The predicted molar refractivity (Wildman–Crippen MR) is 95.5 cm³/mol. The highest BCUT2D eigenvalue weighted by Crippen LogP contribution is 2.39. The summed E-state index contributed by atoms with van der Waals surface area (Å²) in [6.45, 7) is 0.343. The first-order valence-corrected chi connectivity index (χ1v) is 8.09. The van der Waals surface area contributed by atoms with Gasteiger partial charge in [0.2, 0.25) is 0 Å². The average molecular weight is 373 g/mol. The second kappa shape index (κ2) is 7.88. The first-order valence-electron chi connectivity index (χ1n) is 8.09. The fraction of sp³-hybridized carbons (Fsp3) is 0.211. The van der Waals surface area contributed by atoms with E-state index in [1.54, 1.807) is 18.2 Å². The van der Waals surface area contributed by atoms with E-state index in [0.29, 0.717) is 22.6 Å². The molecule has 1 aliphatic rings. The Labute approximate surface area is 155 Å². The highest BCUT2D eigenvalue weighted by Gasteiger charge is 2.25. The Hall–Kier alpha value is -3.39. The Bertz CT molecular complexity index is 892. The van der Waals surface area contributed by atoms with Crippen molar-refractivity contribution in [1.82, 2.24) is 5.32 Å². The number of phenols is 2. The smallest absolute Gasteiger partial charge is 0.255 e. The molecule has 1 heterocycles. The molecule has 0 bridgehead atoms. The fourth-order valence-corrected chi connectivity index (χ4v) is 2.72. The van der Waals surface area contributed by atoms with Gasteiger partial charge in [-0.3, -0.25) is 4.79 Å². The molecule has 1 amide bonds. The van der Waals surface area contributed by atoms with Crippen molar-refractivity contribution in [1.29, 1.82) is 0 Å². The van der Waals surface area contributed by atoms with Crippen LogP contribution in [0.5, 0.6) is 23.0 Å². The molecule has 8 nitrogen and oxygen atoms in total. The largest absolute Gasteiger partial charge is 0.508 e. The summed E-state index contributed by atoms with van der Waals surface area (Å²) in [7, 11) is 2.94. The van der Waals surface area contributed by atoms with E-state index in [1.807, 2.05) is 0 Å². The Kier molecular flexibility index (Phi) is 5.37. The van der Waals surface area contributed by atoms with Crippen LogP contribution in [-0.4, -0.2) is 36.9 Å². The number of nitrogens with one attached hydrogen (secondary N) is 1. The molecule has 0 aromatic heterocycles. The number of benzene rings is 2. The molecule has 0 unspecified atom stereocenters. The Morgan fingerprint density at radius 3 is 2.63 bits per heavy atom. The lowest BCUT2D eigenvalue weighted by Crippen LogP contribution is -2.23. The molecule has 8 heteroatoms. The second-order valence-electron chi connectivity index (χ2n) is 5.66. The van der Waals surface area contributed by atoms with Gasteiger partial charge >= 0.3 is 0 Å². The lowest BCUT2D eigenvalue weighted by molar-refractivity contribution is -0.209. The average Bonchev–Trinajstić information content (AvgIpc) is 3.20. The molecule has 2 aromatic rings. The van der Waals surface area contributed by atoms with E-state index < -0.39 is 5.91 Å². The van der Waals surface area contributed by atoms with Gasteiger partial charge in [-0.15, -0.1) is 0 Å². The molecule has 0 radical (unpaired) electrons. The number of hydrogen-bond acceptors (Lipinski definition) is 7. The third-order valence-electron chi connectivity index (χ3n) is 4.03. The van der Waals surface area contributed by atoms with Crippen molar-refractivity contribution < 1.29 is 34.3 Å². The van der Waals surface area contributed by atoms with Crippen LogP contribution in [0.4, 0.5) is 0 Å². The van der Waals surface area contributed by atoms with Gasteiger partial charge in [0.05, 0.1) is 19.8 Å². The van der Waals surface area contributed by atoms with Crippen LogP contribution in [0.1, 0.15) is 21.5 Å². The first kappa shape index (κ1) is 18.4. The number of carbonyl (C=O) groups excluding carboxylic acids is 1. The summed E-state index contributed by atoms with van der Waals surface area (Å²) in [5.74, 6) is 0.558. The summed E-state index contributed by atoms with van der Waals surface area (Å²) in [5.41, 5.74) is 1.20. The Balaban J connectivity index is 1.89. The summed E-state index contributed by atoms with van der Waals surface area (Å²) in [4.78, 5) is 22.7. The SMILES string of the molecule is COc1ccc(C(=O)NCc2ccc(O)cc2O)c(OC)c1C1=CCOO1. The molecule has 3 rings (SSSR count). The van der Waals surface area contributed by atoms with Crippen LogP contribution in [0.15, 0.2) is 36.4 Å². The molecule has 0 saturated carbocycles. The maximum atomic E-state index is 12.7. The molecule has 0 fully saturated rings. The van der Waals surface area contributed by atoms with Gasteiger partial charge < -0.3 is 29.9 Å². The molecule has 27 heavy (non-hydrogen) atoms. The van der Waals surface area contributed by atoms with Crippen LogP contribution in [0, 0.1) is 0 Å². The van der Waals surface area contributed by atoms with Crippen molar-refractivity contribution in [2.24, 2.45) is 0 Å².